The number of phenolic OH excluding ortho intramolecular Hbond substituents is 2. The Hall–Kier alpha value is -3.20. The quantitative estimate of drug-likeness (QED) is 0.270. The van der Waals surface area contributed by atoms with Crippen LogP contribution in [0.25, 0.3) is 5.57 Å². The molecule has 200 valence electrons. The minimum absolute atomic E-state index is 0.210. The second kappa shape index (κ2) is 11.9. The highest BCUT2D eigenvalue weighted by Crippen LogP contribution is 2.46. The molecule has 8 heteroatoms. The van der Waals surface area contributed by atoms with Crippen LogP contribution < -0.4 is 0 Å². The van der Waals surface area contributed by atoms with Crippen molar-refractivity contribution in [3.05, 3.63) is 87.5 Å². The lowest BCUT2D eigenvalue weighted by atomic mass is 9.80. The van der Waals surface area contributed by atoms with Crippen LogP contribution in [0, 0.1) is 13.8 Å². The zero-order valence-electron chi connectivity index (χ0n) is 22.7. The largest absolute Gasteiger partial charge is 0.726 e. The van der Waals surface area contributed by atoms with E-state index in [1.165, 1.54) is 0 Å². The molecule has 0 aromatic heterocycles. The van der Waals surface area contributed by atoms with Crippen LogP contribution in [-0.4, -0.2) is 52.1 Å². The molecular formula is C29H37NO6S. The van der Waals surface area contributed by atoms with Crippen LogP contribution >= 0.6 is 0 Å². The van der Waals surface area contributed by atoms with Crippen LogP contribution in [0.15, 0.2) is 54.1 Å². The van der Waals surface area contributed by atoms with Gasteiger partial charge in [-0.1, -0.05) is 52.0 Å². The standard InChI is InChI=1S/C29H35NO2.H2O4S/c1-17(2)23-15-9-19(5)28(31)26(23)25(21-11-13-22(14-12-21)30(7)8)27-24(18(3)4)16-10-20(6)29(27)32;1-5(2,3)4/h9-18H,1-8H3,(H,31,32);(H2,1,2,3,4). The number of benzene rings is 2. The zero-order valence-corrected chi connectivity index (χ0v) is 23.5. The van der Waals surface area contributed by atoms with Crippen molar-refractivity contribution in [2.45, 2.75) is 53.4 Å². The van der Waals surface area contributed by atoms with Crippen molar-refractivity contribution in [2.24, 2.45) is 0 Å². The minimum atomic E-state index is -4.92. The summed E-state index contributed by atoms with van der Waals surface area (Å²) in [4.78, 5) is 0. The number of phenols is 2. The third kappa shape index (κ3) is 7.41. The minimum Gasteiger partial charge on any atom is -0.726 e. The third-order valence-corrected chi connectivity index (χ3v) is 6.24. The topological polar surface area (TPSA) is 121 Å². The lowest BCUT2D eigenvalue weighted by molar-refractivity contribution is -0.462. The molecule has 1 aliphatic carbocycles. The smallest absolute Gasteiger partial charge is 0.215 e. The van der Waals surface area contributed by atoms with Gasteiger partial charge in [-0.05, 0) is 65.7 Å². The van der Waals surface area contributed by atoms with E-state index in [0.29, 0.717) is 0 Å². The Morgan fingerprint density at radius 1 is 0.784 bits per heavy atom. The number of hydrogen-bond donors (Lipinski definition) is 3. The van der Waals surface area contributed by atoms with Crippen molar-refractivity contribution in [1.29, 1.82) is 0 Å². The maximum Gasteiger partial charge on any atom is 0.215 e. The van der Waals surface area contributed by atoms with E-state index >= 15 is 0 Å². The Balaban J connectivity index is 0.000000877. The van der Waals surface area contributed by atoms with Crippen LogP contribution in [-0.2, 0) is 10.4 Å². The van der Waals surface area contributed by atoms with Crippen LogP contribution in [0.5, 0.6) is 11.5 Å². The Kier molecular flexibility index (Phi) is 9.66. The van der Waals surface area contributed by atoms with Crippen molar-refractivity contribution in [3.8, 4) is 11.5 Å². The lowest BCUT2D eigenvalue weighted by Crippen LogP contribution is -2.11. The molecule has 37 heavy (non-hydrogen) atoms. The molecule has 0 aliphatic heterocycles. The van der Waals surface area contributed by atoms with E-state index in [2.05, 4.69) is 68.7 Å². The molecule has 7 nitrogen and oxygen atoms in total. The Bertz CT molecular complexity index is 1310. The maximum absolute atomic E-state index is 11.3. The summed E-state index contributed by atoms with van der Waals surface area (Å²) in [5.74, 6) is 0.973. The number of nitrogens with zero attached hydrogens (tertiary/aromatic N) is 1. The fourth-order valence-corrected chi connectivity index (χ4v) is 4.25. The predicted octanol–water partition coefficient (Wildman–Crippen LogP) is 5.61. The summed E-state index contributed by atoms with van der Waals surface area (Å²) in [6, 6.07) is 8.15. The van der Waals surface area contributed by atoms with Gasteiger partial charge in [0.1, 0.15) is 25.6 Å². The molecule has 0 saturated heterocycles. The molecule has 0 heterocycles. The van der Waals surface area contributed by atoms with E-state index in [9.17, 15) is 10.2 Å². The summed E-state index contributed by atoms with van der Waals surface area (Å²) in [6.07, 6.45) is 8.34. The van der Waals surface area contributed by atoms with E-state index in [0.717, 1.165) is 50.2 Å². The molecule has 0 saturated carbocycles. The molecule has 0 radical (unpaired) electrons. The van der Waals surface area contributed by atoms with Crippen molar-refractivity contribution < 1.29 is 32.3 Å². The van der Waals surface area contributed by atoms with Gasteiger partial charge in [0, 0.05) is 28.9 Å². The van der Waals surface area contributed by atoms with Gasteiger partial charge >= 0.3 is 0 Å². The first kappa shape index (κ1) is 30.0. The van der Waals surface area contributed by atoms with Crippen molar-refractivity contribution in [2.75, 3.05) is 14.1 Å². The van der Waals surface area contributed by atoms with Gasteiger partial charge in [-0.15, -0.1) is 0 Å². The molecule has 0 atom stereocenters. The first-order valence-electron chi connectivity index (χ1n) is 12.0. The second-order valence-corrected chi connectivity index (χ2v) is 10.8. The number of rotatable bonds is 4. The summed E-state index contributed by atoms with van der Waals surface area (Å²) in [5.41, 5.74) is 8.34. The van der Waals surface area contributed by atoms with Gasteiger partial charge in [-0.3, -0.25) is 4.55 Å². The van der Waals surface area contributed by atoms with E-state index in [-0.39, 0.29) is 23.3 Å². The normalized spacial score (nSPS) is 13.2. The molecule has 3 rings (SSSR count). The average molecular weight is 528 g/mol. The Morgan fingerprint density at radius 3 is 1.43 bits per heavy atom. The van der Waals surface area contributed by atoms with Crippen molar-refractivity contribution in [1.82, 2.24) is 0 Å². The Labute approximate surface area is 220 Å². The van der Waals surface area contributed by atoms with Crippen LogP contribution in [0.3, 0.4) is 0 Å². The van der Waals surface area contributed by atoms with E-state index in [4.69, 9.17) is 17.5 Å². The molecule has 0 bridgehead atoms. The van der Waals surface area contributed by atoms with E-state index in [1.54, 1.807) is 0 Å². The lowest BCUT2D eigenvalue weighted by Gasteiger charge is -2.25. The van der Waals surface area contributed by atoms with Gasteiger partial charge in [0.15, 0.2) is 5.71 Å². The molecule has 0 unspecified atom stereocenters. The van der Waals surface area contributed by atoms with Gasteiger partial charge in [0.05, 0.1) is 0 Å². The fraction of sp³-hybridized carbons (Fsp3) is 0.345. The molecule has 3 N–H and O–H groups in total. The zero-order chi connectivity index (χ0) is 28.2. The second-order valence-electron chi connectivity index (χ2n) is 9.94. The first-order valence-corrected chi connectivity index (χ1v) is 13.4. The molecular weight excluding hydrogens is 490 g/mol. The summed E-state index contributed by atoms with van der Waals surface area (Å²) < 4.78 is 34.9. The van der Waals surface area contributed by atoms with Gasteiger partial charge in [-0.25, -0.2) is 13.0 Å². The molecule has 1 aliphatic rings. The molecule has 0 fully saturated rings. The van der Waals surface area contributed by atoms with E-state index < -0.39 is 10.4 Å². The number of hydrogen-bond acceptors (Lipinski definition) is 5. The monoisotopic (exact) mass is 527 g/mol. The highest BCUT2D eigenvalue weighted by Gasteiger charge is 2.26. The first-order chi connectivity index (χ1) is 17.0. The summed E-state index contributed by atoms with van der Waals surface area (Å²) in [5, 5.41) is 22.7. The number of aromatic hydroxyl groups is 2. The Morgan fingerprint density at radius 2 is 1.14 bits per heavy atom. The van der Waals surface area contributed by atoms with Crippen molar-refractivity contribution in [3.63, 3.8) is 0 Å². The van der Waals surface area contributed by atoms with E-state index in [1.807, 2.05) is 40.1 Å². The van der Waals surface area contributed by atoms with Crippen LogP contribution in [0.4, 0.5) is 0 Å². The SMILES string of the molecule is Cc1ccc(C(C)C)c(C(=C2C=CC(=[N+](C)C)C=C2)c2c(C(C)C)ccc(C)c2O)c1O.O=S(=O)([O-])O. The predicted molar refractivity (Wildman–Crippen MR) is 148 cm³/mol. The molecule has 2 aromatic rings. The van der Waals surface area contributed by atoms with Gasteiger partial charge in [0.25, 0.3) is 0 Å². The summed E-state index contributed by atoms with van der Waals surface area (Å²) in [7, 11) is -0.877. The van der Waals surface area contributed by atoms with Gasteiger partial charge < -0.3 is 14.8 Å². The van der Waals surface area contributed by atoms with Crippen LogP contribution in [0.1, 0.15) is 72.9 Å². The third-order valence-electron chi connectivity index (χ3n) is 6.24. The summed E-state index contributed by atoms with van der Waals surface area (Å²) in [6.45, 7) is 12.4. The van der Waals surface area contributed by atoms with Crippen molar-refractivity contribution >= 4 is 21.7 Å². The number of allylic oxidation sites excluding steroid dienone is 5. The average Bonchev–Trinajstić information content (AvgIpc) is 2.78. The van der Waals surface area contributed by atoms with Crippen LogP contribution in [0.2, 0.25) is 0 Å². The number of aryl methyl sites for hydroxylation is 2. The molecule has 2 aromatic carbocycles. The summed E-state index contributed by atoms with van der Waals surface area (Å²) >= 11 is 0. The molecule has 0 amide bonds. The van der Waals surface area contributed by atoms with Gasteiger partial charge in [0.2, 0.25) is 10.4 Å². The highest BCUT2D eigenvalue weighted by atomic mass is 32.3. The highest BCUT2D eigenvalue weighted by molar-refractivity contribution is 7.79. The van der Waals surface area contributed by atoms with Gasteiger partial charge in [-0.2, -0.15) is 0 Å². The maximum atomic E-state index is 11.3. The fourth-order valence-electron chi connectivity index (χ4n) is 4.25. The molecule has 0 spiro atoms.